The van der Waals surface area contributed by atoms with Gasteiger partial charge in [-0.15, -0.1) is 5.75 Å². The molecule has 0 spiro atoms. The average molecular weight is 376 g/mol. The first-order chi connectivity index (χ1) is 13.2. The van der Waals surface area contributed by atoms with Gasteiger partial charge in [0, 0.05) is 25.2 Å². The van der Waals surface area contributed by atoms with Gasteiger partial charge in [0.05, 0.1) is 13.2 Å². The summed E-state index contributed by atoms with van der Waals surface area (Å²) in [6.07, 6.45) is 10.7. The molecule has 0 fully saturated rings. The van der Waals surface area contributed by atoms with Gasteiger partial charge in [-0.05, 0) is 25.3 Å². The zero-order chi connectivity index (χ0) is 19.7. The molecule has 1 rings (SSSR count). The summed E-state index contributed by atoms with van der Waals surface area (Å²) in [6.45, 7) is 3.19. The fourth-order valence-electron chi connectivity index (χ4n) is 2.87. The summed E-state index contributed by atoms with van der Waals surface area (Å²) in [5.41, 5.74) is 0.891. The SMILES string of the molecule is CCOC(=O)CCCCCCCCCCCOCc1cc([N+]#N)ccc1[O-]. The Labute approximate surface area is 162 Å². The van der Waals surface area contributed by atoms with Crippen LogP contribution >= 0.6 is 0 Å². The van der Waals surface area contributed by atoms with Gasteiger partial charge in [-0.2, -0.15) is 0 Å². The summed E-state index contributed by atoms with van der Waals surface area (Å²) >= 11 is 0. The number of ether oxygens (including phenoxy) is 2. The van der Waals surface area contributed by atoms with E-state index < -0.39 is 0 Å². The molecule has 0 amide bonds. The van der Waals surface area contributed by atoms with Gasteiger partial charge >= 0.3 is 11.7 Å². The monoisotopic (exact) mass is 376 g/mol. The van der Waals surface area contributed by atoms with E-state index in [4.69, 9.17) is 14.9 Å². The number of hydrogen-bond donors (Lipinski definition) is 0. The Morgan fingerprint density at radius 2 is 1.67 bits per heavy atom. The maximum absolute atomic E-state index is 11.7. The lowest BCUT2D eigenvalue weighted by molar-refractivity contribution is -0.270. The summed E-state index contributed by atoms with van der Waals surface area (Å²) < 4.78 is 10.5. The van der Waals surface area contributed by atoms with Crippen LogP contribution in [0.3, 0.4) is 0 Å². The van der Waals surface area contributed by atoms with Crippen molar-refractivity contribution in [3.05, 3.63) is 28.7 Å². The zero-order valence-electron chi connectivity index (χ0n) is 16.5. The zero-order valence-corrected chi connectivity index (χ0v) is 16.5. The van der Waals surface area contributed by atoms with Crippen LogP contribution < -0.4 is 5.11 Å². The maximum atomic E-state index is 11.7. The molecule has 0 heterocycles. The number of unbranched alkanes of at least 4 members (excludes halogenated alkanes) is 8. The minimum absolute atomic E-state index is 0.0812. The Morgan fingerprint density at radius 3 is 2.30 bits per heavy atom. The van der Waals surface area contributed by atoms with Crippen molar-refractivity contribution in [2.24, 2.45) is 0 Å². The summed E-state index contributed by atoms with van der Waals surface area (Å²) in [4.78, 5) is 14.3. The van der Waals surface area contributed by atoms with Crippen LogP contribution in [0.15, 0.2) is 18.2 Å². The van der Waals surface area contributed by atoms with E-state index in [1.165, 1.54) is 44.2 Å². The molecule has 0 radical (unpaired) electrons. The van der Waals surface area contributed by atoms with Crippen LogP contribution in [-0.4, -0.2) is 19.2 Å². The minimum Gasteiger partial charge on any atom is -0.872 e. The Kier molecular flexibility index (Phi) is 12.7. The molecule has 1 aromatic rings. The molecule has 6 nitrogen and oxygen atoms in total. The fraction of sp³-hybridized carbons (Fsp3) is 0.667. The molecule has 0 atom stereocenters. The molecule has 0 aliphatic carbocycles. The predicted molar refractivity (Wildman–Crippen MR) is 103 cm³/mol. The quantitative estimate of drug-likeness (QED) is 0.238. The van der Waals surface area contributed by atoms with Crippen molar-refractivity contribution in [2.75, 3.05) is 13.2 Å². The topological polar surface area (TPSA) is 86.7 Å². The molecule has 0 saturated carbocycles. The number of benzene rings is 1. The molecule has 0 aliphatic heterocycles. The second kappa shape index (κ2) is 15.0. The van der Waals surface area contributed by atoms with Crippen molar-refractivity contribution in [1.82, 2.24) is 0 Å². The lowest BCUT2D eigenvalue weighted by atomic mass is 10.1. The maximum Gasteiger partial charge on any atom is 0.385 e. The third-order valence-electron chi connectivity index (χ3n) is 4.39. The van der Waals surface area contributed by atoms with E-state index in [2.05, 4.69) is 4.98 Å². The van der Waals surface area contributed by atoms with Crippen molar-refractivity contribution in [1.29, 1.82) is 5.39 Å². The first kappa shape index (κ1) is 22.9. The highest BCUT2D eigenvalue weighted by atomic mass is 16.5. The van der Waals surface area contributed by atoms with E-state index in [0.29, 0.717) is 30.9 Å². The highest BCUT2D eigenvalue weighted by molar-refractivity contribution is 5.69. The van der Waals surface area contributed by atoms with Gasteiger partial charge in [0.15, 0.2) is 4.98 Å². The lowest BCUT2D eigenvalue weighted by Crippen LogP contribution is -2.03. The Hall–Kier alpha value is -2.13. The van der Waals surface area contributed by atoms with Crippen LogP contribution in [-0.2, 0) is 20.9 Å². The van der Waals surface area contributed by atoms with E-state index in [9.17, 15) is 9.90 Å². The summed E-state index contributed by atoms with van der Waals surface area (Å²) in [6, 6.07) is 4.42. The van der Waals surface area contributed by atoms with Gasteiger partial charge in [0.2, 0.25) is 5.39 Å². The number of diazo groups is 1. The van der Waals surface area contributed by atoms with E-state index in [0.717, 1.165) is 25.7 Å². The molecule has 0 aromatic heterocycles. The van der Waals surface area contributed by atoms with E-state index in [1.54, 1.807) is 6.07 Å². The third-order valence-corrected chi connectivity index (χ3v) is 4.39. The van der Waals surface area contributed by atoms with E-state index in [-0.39, 0.29) is 18.3 Å². The van der Waals surface area contributed by atoms with Crippen molar-refractivity contribution < 1.29 is 19.4 Å². The molecule has 0 unspecified atom stereocenters. The van der Waals surface area contributed by atoms with Crippen molar-refractivity contribution in [2.45, 2.75) is 77.7 Å². The van der Waals surface area contributed by atoms with Crippen LogP contribution in [0.4, 0.5) is 5.69 Å². The molecule has 6 heteroatoms. The predicted octanol–water partition coefficient (Wildman–Crippen LogP) is 5.23. The van der Waals surface area contributed by atoms with Crippen LogP contribution in [0.25, 0.3) is 4.98 Å². The number of nitrogens with zero attached hydrogens (tertiary/aromatic N) is 2. The molecule has 0 saturated heterocycles. The molecule has 150 valence electrons. The first-order valence-electron chi connectivity index (χ1n) is 10.1. The van der Waals surface area contributed by atoms with Crippen molar-refractivity contribution >= 4 is 11.7 Å². The highest BCUT2D eigenvalue weighted by Gasteiger charge is 2.06. The van der Waals surface area contributed by atoms with Crippen molar-refractivity contribution in [3.8, 4) is 5.75 Å². The van der Waals surface area contributed by atoms with Gasteiger partial charge < -0.3 is 14.6 Å². The minimum atomic E-state index is -0.0929. The number of hydrogen-bond acceptors (Lipinski definition) is 5. The third kappa shape index (κ3) is 11.2. The lowest BCUT2D eigenvalue weighted by Gasteiger charge is -2.12. The summed E-state index contributed by atoms with van der Waals surface area (Å²) in [7, 11) is 0. The smallest absolute Gasteiger partial charge is 0.385 e. The summed E-state index contributed by atoms with van der Waals surface area (Å²) in [5.74, 6) is -0.174. The van der Waals surface area contributed by atoms with Gasteiger partial charge in [-0.1, -0.05) is 51.0 Å². The normalized spacial score (nSPS) is 10.5. The van der Waals surface area contributed by atoms with E-state index >= 15 is 0 Å². The standard InChI is InChI=1S/C21H32N2O4/c1-2-27-21(25)12-10-8-6-4-3-5-7-9-11-15-26-17-18-16-19(23-22)13-14-20(18)24/h13-14,16H,2-12,15,17H2,1H3. The molecular formula is C21H32N2O4. The molecule has 1 aromatic carbocycles. The second-order valence-corrected chi connectivity index (χ2v) is 6.68. The van der Waals surface area contributed by atoms with Crippen LogP contribution in [0.1, 0.15) is 76.7 Å². The fourth-order valence-corrected chi connectivity index (χ4v) is 2.87. The average Bonchev–Trinajstić information content (AvgIpc) is 2.67. The highest BCUT2D eigenvalue weighted by Crippen LogP contribution is 2.22. The van der Waals surface area contributed by atoms with Crippen LogP contribution in [0, 0.1) is 5.39 Å². The first-order valence-corrected chi connectivity index (χ1v) is 10.1. The number of carbonyl (C=O) groups is 1. The van der Waals surface area contributed by atoms with Gasteiger partial charge in [-0.25, -0.2) is 0 Å². The summed E-state index contributed by atoms with van der Waals surface area (Å²) in [5, 5.41) is 20.4. The van der Waals surface area contributed by atoms with Crippen molar-refractivity contribution in [3.63, 3.8) is 0 Å². The largest absolute Gasteiger partial charge is 0.872 e. The Morgan fingerprint density at radius 1 is 1.04 bits per heavy atom. The van der Waals surface area contributed by atoms with E-state index in [1.807, 2.05) is 6.92 Å². The number of rotatable bonds is 15. The van der Waals surface area contributed by atoms with Gasteiger partial charge in [-0.3, -0.25) is 4.79 Å². The molecular weight excluding hydrogens is 344 g/mol. The molecule has 0 N–H and O–H groups in total. The van der Waals surface area contributed by atoms with Crippen LogP contribution in [0.2, 0.25) is 0 Å². The molecule has 0 aliphatic rings. The Balaban J connectivity index is 1.90. The molecule has 27 heavy (non-hydrogen) atoms. The van der Waals surface area contributed by atoms with Gasteiger partial charge in [0.25, 0.3) is 0 Å². The Bertz CT molecular complexity index is 584. The van der Waals surface area contributed by atoms with Crippen LogP contribution in [0.5, 0.6) is 5.75 Å². The number of carbonyl (C=O) groups excluding carboxylic acids is 1. The second-order valence-electron chi connectivity index (χ2n) is 6.68. The molecule has 0 bridgehead atoms. The number of esters is 1. The van der Waals surface area contributed by atoms with Gasteiger partial charge in [0.1, 0.15) is 0 Å².